The fraction of sp³-hybridized carbons (Fsp3) is 0.556. The van der Waals surface area contributed by atoms with E-state index >= 15 is 0 Å². The standard InChI is InChI=1S/C18H26ClN3O3S/c1-13(2)12-17(18(23)21-20-15-6-4-3-5-7-15)22-26(24,25)16-10-8-14(19)9-11-16/h8-11,13,17,22H,3-7,12H2,1-2H3,(H,21,23). The number of carbonyl (C=O) groups excluding carboxylic acids is 1. The second-order valence-electron chi connectivity index (χ2n) is 6.97. The lowest BCUT2D eigenvalue weighted by Crippen LogP contribution is -2.46. The van der Waals surface area contributed by atoms with Gasteiger partial charge in [0.15, 0.2) is 0 Å². The molecule has 0 heterocycles. The van der Waals surface area contributed by atoms with E-state index in [1.165, 1.54) is 30.7 Å². The lowest BCUT2D eigenvalue weighted by Gasteiger charge is -2.20. The van der Waals surface area contributed by atoms with Gasteiger partial charge in [-0.05, 0) is 62.3 Å². The third kappa shape index (κ3) is 6.37. The minimum atomic E-state index is -3.83. The molecule has 0 aliphatic heterocycles. The van der Waals surface area contributed by atoms with Gasteiger partial charge in [-0.15, -0.1) is 0 Å². The monoisotopic (exact) mass is 399 g/mol. The van der Waals surface area contributed by atoms with Crippen LogP contribution in [0.25, 0.3) is 0 Å². The maximum absolute atomic E-state index is 12.6. The van der Waals surface area contributed by atoms with Gasteiger partial charge in [0.05, 0.1) is 4.90 Å². The van der Waals surface area contributed by atoms with Crippen LogP contribution in [0.3, 0.4) is 0 Å². The predicted octanol–water partition coefficient (Wildman–Crippen LogP) is 3.47. The molecule has 1 aliphatic rings. The van der Waals surface area contributed by atoms with Crippen molar-refractivity contribution in [3.8, 4) is 0 Å². The molecule has 26 heavy (non-hydrogen) atoms. The summed E-state index contributed by atoms with van der Waals surface area (Å²) in [6, 6.07) is 4.95. The van der Waals surface area contributed by atoms with E-state index in [1.54, 1.807) is 0 Å². The Balaban J connectivity index is 2.10. The van der Waals surface area contributed by atoms with Crippen molar-refractivity contribution in [2.75, 3.05) is 0 Å². The summed E-state index contributed by atoms with van der Waals surface area (Å²) in [7, 11) is -3.83. The average Bonchev–Trinajstić information content (AvgIpc) is 2.60. The first-order chi connectivity index (χ1) is 12.3. The summed E-state index contributed by atoms with van der Waals surface area (Å²) in [5.74, 6) is -0.296. The highest BCUT2D eigenvalue weighted by Gasteiger charge is 2.26. The van der Waals surface area contributed by atoms with Gasteiger partial charge in [0.2, 0.25) is 10.0 Å². The van der Waals surface area contributed by atoms with E-state index in [2.05, 4.69) is 15.2 Å². The first kappa shape index (κ1) is 20.9. The molecule has 2 rings (SSSR count). The minimum absolute atomic E-state index is 0.0713. The Bertz CT molecular complexity index is 737. The molecule has 0 aromatic heterocycles. The zero-order valence-corrected chi connectivity index (χ0v) is 16.7. The molecule has 1 aliphatic carbocycles. The Morgan fingerprint density at radius 3 is 2.35 bits per heavy atom. The van der Waals surface area contributed by atoms with Crippen molar-refractivity contribution in [3.63, 3.8) is 0 Å². The topological polar surface area (TPSA) is 87.6 Å². The second kappa shape index (κ2) is 9.48. The number of hydrogen-bond donors (Lipinski definition) is 2. The number of carbonyl (C=O) groups is 1. The van der Waals surface area contributed by atoms with Crippen LogP contribution in [-0.4, -0.2) is 26.1 Å². The minimum Gasteiger partial charge on any atom is -0.271 e. The smallest absolute Gasteiger partial charge is 0.258 e. The van der Waals surface area contributed by atoms with E-state index in [9.17, 15) is 13.2 Å². The summed E-state index contributed by atoms with van der Waals surface area (Å²) in [5.41, 5.74) is 3.51. The number of sulfonamides is 1. The van der Waals surface area contributed by atoms with E-state index in [0.717, 1.165) is 31.4 Å². The van der Waals surface area contributed by atoms with Crippen LogP contribution in [0.15, 0.2) is 34.3 Å². The van der Waals surface area contributed by atoms with E-state index in [-0.39, 0.29) is 10.8 Å². The van der Waals surface area contributed by atoms with Crippen LogP contribution in [0.5, 0.6) is 0 Å². The van der Waals surface area contributed by atoms with Gasteiger partial charge in [-0.3, -0.25) is 4.79 Å². The van der Waals surface area contributed by atoms with Crippen molar-refractivity contribution >= 4 is 33.2 Å². The van der Waals surface area contributed by atoms with Crippen molar-refractivity contribution in [2.45, 2.75) is 63.3 Å². The first-order valence-corrected chi connectivity index (χ1v) is 10.8. The Labute approximate surface area is 160 Å². The van der Waals surface area contributed by atoms with Gasteiger partial charge < -0.3 is 0 Å². The molecule has 1 atom stereocenters. The van der Waals surface area contributed by atoms with Gasteiger partial charge >= 0.3 is 0 Å². The number of hydrogen-bond acceptors (Lipinski definition) is 4. The van der Waals surface area contributed by atoms with Gasteiger partial charge in [-0.25, -0.2) is 13.8 Å². The van der Waals surface area contributed by atoms with E-state index in [0.29, 0.717) is 11.4 Å². The lowest BCUT2D eigenvalue weighted by molar-refractivity contribution is -0.123. The third-order valence-electron chi connectivity index (χ3n) is 4.20. The van der Waals surface area contributed by atoms with Gasteiger partial charge in [0.25, 0.3) is 5.91 Å². The molecule has 0 radical (unpaired) electrons. The quantitative estimate of drug-likeness (QED) is 0.688. The molecule has 1 fully saturated rings. The molecular formula is C18H26ClN3O3S. The van der Waals surface area contributed by atoms with Crippen LogP contribution in [-0.2, 0) is 14.8 Å². The highest BCUT2D eigenvalue weighted by molar-refractivity contribution is 7.89. The van der Waals surface area contributed by atoms with Crippen molar-refractivity contribution in [2.24, 2.45) is 11.0 Å². The fourth-order valence-electron chi connectivity index (χ4n) is 2.83. The summed E-state index contributed by atoms with van der Waals surface area (Å²) in [5, 5.41) is 4.64. The maximum atomic E-state index is 12.6. The Kier molecular flexibility index (Phi) is 7.61. The van der Waals surface area contributed by atoms with Crippen molar-refractivity contribution in [3.05, 3.63) is 29.3 Å². The zero-order chi connectivity index (χ0) is 19.2. The van der Waals surface area contributed by atoms with E-state index in [1.807, 2.05) is 13.8 Å². The normalized spacial score (nSPS) is 16.4. The molecule has 0 saturated heterocycles. The molecule has 144 valence electrons. The van der Waals surface area contributed by atoms with Crippen LogP contribution in [0.2, 0.25) is 5.02 Å². The molecule has 1 aromatic rings. The molecule has 1 unspecified atom stereocenters. The summed E-state index contributed by atoms with van der Waals surface area (Å²) in [6.45, 7) is 3.87. The summed E-state index contributed by atoms with van der Waals surface area (Å²) in [4.78, 5) is 12.6. The van der Waals surface area contributed by atoms with Crippen molar-refractivity contribution in [1.29, 1.82) is 0 Å². The fourth-order valence-corrected chi connectivity index (χ4v) is 4.17. The summed E-state index contributed by atoms with van der Waals surface area (Å²) in [6.07, 6.45) is 5.48. The van der Waals surface area contributed by atoms with Gasteiger partial charge in [0.1, 0.15) is 6.04 Å². The number of nitrogens with zero attached hydrogens (tertiary/aromatic N) is 1. The number of hydrazone groups is 1. The highest BCUT2D eigenvalue weighted by atomic mass is 35.5. The molecule has 1 aromatic carbocycles. The van der Waals surface area contributed by atoms with Crippen molar-refractivity contribution in [1.82, 2.24) is 10.1 Å². The van der Waals surface area contributed by atoms with Crippen LogP contribution >= 0.6 is 11.6 Å². The van der Waals surface area contributed by atoms with Crippen LogP contribution in [0.1, 0.15) is 52.4 Å². The molecule has 2 N–H and O–H groups in total. The highest BCUT2D eigenvalue weighted by Crippen LogP contribution is 2.16. The van der Waals surface area contributed by atoms with Gasteiger partial charge in [-0.1, -0.05) is 31.9 Å². The zero-order valence-electron chi connectivity index (χ0n) is 15.2. The van der Waals surface area contributed by atoms with Gasteiger partial charge in [0, 0.05) is 10.7 Å². The van der Waals surface area contributed by atoms with E-state index in [4.69, 9.17) is 11.6 Å². The Morgan fingerprint density at radius 1 is 1.15 bits per heavy atom. The summed E-state index contributed by atoms with van der Waals surface area (Å²) >= 11 is 5.81. The number of benzene rings is 1. The predicted molar refractivity (Wildman–Crippen MR) is 104 cm³/mol. The van der Waals surface area contributed by atoms with Crippen LogP contribution in [0, 0.1) is 5.92 Å². The largest absolute Gasteiger partial charge is 0.271 e. The lowest BCUT2D eigenvalue weighted by atomic mass is 9.99. The number of nitrogens with one attached hydrogen (secondary N) is 2. The molecule has 1 saturated carbocycles. The number of halogens is 1. The Hall–Kier alpha value is -1.44. The first-order valence-electron chi connectivity index (χ1n) is 8.91. The third-order valence-corrected chi connectivity index (χ3v) is 5.94. The maximum Gasteiger partial charge on any atom is 0.258 e. The number of rotatable bonds is 7. The molecular weight excluding hydrogens is 374 g/mol. The van der Waals surface area contributed by atoms with Crippen molar-refractivity contribution < 1.29 is 13.2 Å². The average molecular weight is 400 g/mol. The van der Waals surface area contributed by atoms with E-state index < -0.39 is 22.0 Å². The Morgan fingerprint density at radius 2 is 1.77 bits per heavy atom. The van der Waals surface area contributed by atoms with Crippen LogP contribution in [0.4, 0.5) is 0 Å². The molecule has 8 heteroatoms. The molecule has 0 bridgehead atoms. The molecule has 1 amide bonds. The molecule has 0 spiro atoms. The summed E-state index contributed by atoms with van der Waals surface area (Å²) < 4.78 is 27.6. The molecule has 6 nitrogen and oxygen atoms in total. The second-order valence-corrected chi connectivity index (χ2v) is 9.12. The number of amides is 1. The van der Waals surface area contributed by atoms with Gasteiger partial charge in [-0.2, -0.15) is 9.82 Å². The van der Waals surface area contributed by atoms with Crippen LogP contribution < -0.4 is 10.1 Å². The SMILES string of the molecule is CC(C)CC(NS(=O)(=O)c1ccc(Cl)cc1)C(=O)NN=C1CCCCC1.